The van der Waals surface area contributed by atoms with Gasteiger partial charge in [-0.3, -0.25) is 9.59 Å². The smallest absolute Gasteiger partial charge is 0.341 e. The molecule has 1 aromatic carbocycles. The number of carbonyl (C=O) groups is 3. The summed E-state index contributed by atoms with van der Waals surface area (Å²) in [4.78, 5) is 37.9. The minimum Gasteiger partial charge on any atom is -0.462 e. The van der Waals surface area contributed by atoms with Crippen LogP contribution >= 0.6 is 11.3 Å². The fourth-order valence-electron chi connectivity index (χ4n) is 3.62. The highest BCUT2D eigenvalue weighted by molar-refractivity contribution is 7.17. The van der Waals surface area contributed by atoms with E-state index in [4.69, 9.17) is 4.74 Å². The first-order valence-corrected chi connectivity index (χ1v) is 9.94. The molecule has 2 aromatic rings. The Morgan fingerprint density at radius 3 is 2.89 bits per heavy atom. The van der Waals surface area contributed by atoms with Gasteiger partial charge in [0.2, 0.25) is 5.91 Å². The average Bonchev–Trinajstić information content (AvgIpc) is 3.19. The Morgan fingerprint density at radius 1 is 1.26 bits per heavy atom. The number of anilines is 2. The van der Waals surface area contributed by atoms with Gasteiger partial charge in [0.1, 0.15) is 5.00 Å². The van der Waals surface area contributed by atoms with Gasteiger partial charge < -0.3 is 15.4 Å². The van der Waals surface area contributed by atoms with Gasteiger partial charge in [0, 0.05) is 16.1 Å². The summed E-state index contributed by atoms with van der Waals surface area (Å²) in [5.41, 5.74) is 3.54. The maximum Gasteiger partial charge on any atom is 0.341 e. The van der Waals surface area contributed by atoms with Gasteiger partial charge in [-0.15, -0.1) is 11.3 Å². The zero-order valence-corrected chi connectivity index (χ0v) is 15.8. The Labute approximate surface area is 160 Å². The van der Waals surface area contributed by atoms with E-state index < -0.39 is 0 Å². The molecule has 1 aliphatic carbocycles. The van der Waals surface area contributed by atoms with Crippen LogP contribution in [0.15, 0.2) is 18.2 Å². The lowest BCUT2D eigenvalue weighted by Gasteiger charge is -2.12. The van der Waals surface area contributed by atoms with Gasteiger partial charge >= 0.3 is 5.97 Å². The van der Waals surface area contributed by atoms with Crippen molar-refractivity contribution < 1.29 is 19.1 Å². The van der Waals surface area contributed by atoms with E-state index in [1.807, 2.05) is 0 Å². The van der Waals surface area contributed by atoms with Crippen molar-refractivity contribution >= 4 is 39.8 Å². The highest BCUT2D eigenvalue weighted by Gasteiger charge is 2.28. The van der Waals surface area contributed by atoms with Gasteiger partial charge in [0.05, 0.1) is 18.6 Å². The van der Waals surface area contributed by atoms with Crippen LogP contribution in [0.5, 0.6) is 0 Å². The topological polar surface area (TPSA) is 84.5 Å². The number of nitrogens with one attached hydrogen (secondary N) is 2. The molecule has 0 saturated heterocycles. The van der Waals surface area contributed by atoms with Crippen molar-refractivity contribution in [3.63, 3.8) is 0 Å². The Kier molecular flexibility index (Phi) is 4.70. The summed E-state index contributed by atoms with van der Waals surface area (Å²) < 4.78 is 5.22. The second-order valence-corrected chi connectivity index (χ2v) is 7.79. The van der Waals surface area contributed by atoms with Crippen LogP contribution in [0.4, 0.5) is 10.7 Å². The van der Waals surface area contributed by atoms with Crippen LogP contribution in [0.3, 0.4) is 0 Å². The normalized spacial score (nSPS) is 14.9. The molecule has 6 nitrogen and oxygen atoms in total. The van der Waals surface area contributed by atoms with Crippen molar-refractivity contribution in [2.24, 2.45) is 0 Å². The van der Waals surface area contributed by atoms with Gasteiger partial charge in [-0.05, 0) is 61.9 Å². The summed E-state index contributed by atoms with van der Waals surface area (Å²) >= 11 is 1.47. The zero-order valence-electron chi connectivity index (χ0n) is 15.0. The molecule has 2 N–H and O–H groups in total. The lowest BCUT2D eigenvalue weighted by atomic mass is 9.95. The minimum atomic E-state index is -0.379. The van der Waals surface area contributed by atoms with Gasteiger partial charge in [0.15, 0.2) is 0 Å². The van der Waals surface area contributed by atoms with Crippen LogP contribution in [0.1, 0.15) is 56.5 Å². The molecule has 0 saturated carbocycles. The van der Waals surface area contributed by atoms with E-state index in [-0.39, 0.29) is 24.2 Å². The van der Waals surface area contributed by atoms with E-state index in [9.17, 15) is 14.4 Å². The molecular weight excluding hydrogens is 364 g/mol. The summed E-state index contributed by atoms with van der Waals surface area (Å²) in [7, 11) is 0. The maximum absolute atomic E-state index is 12.8. The standard InChI is InChI=1S/C20H20N2O4S/c1-2-26-20(25)17-13-5-3-4-6-15(13)27-19(17)22-18(24)11-7-8-14-12(9-11)10-16(23)21-14/h7-9H,2-6,10H2,1H3,(H,21,23)(H,22,24). The van der Waals surface area contributed by atoms with Crippen molar-refractivity contribution in [3.8, 4) is 0 Å². The summed E-state index contributed by atoms with van der Waals surface area (Å²) in [6, 6.07) is 5.14. The summed E-state index contributed by atoms with van der Waals surface area (Å²) in [5.74, 6) is -0.740. The van der Waals surface area contributed by atoms with E-state index >= 15 is 0 Å². The molecule has 4 rings (SSSR count). The summed E-state index contributed by atoms with van der Waals surface area (Å²) in [6.07, 6.45) is 4.17. The lowest BCUT2D eigenvalue weighted by Crippen LogP contribution is -2.16. The lowest BCUT2D eigenvalue weighted by molar-refractivity contribution is -0.115. The number of hydrogen-bond donors (Lipinski definition) is 2. The quantitative estimate of drug-likeness (QED) is 0.790. The minimum absolute atomic E-state index is 0.0712. The van der Waals surface area contributed by atoms with Crippen molar-refractivity contribution in [2.45, 2.75) is 39.0 Å². The molecule has 0 bridgehead atoms. The molecule has 2 amide bonds. The number of ether oxygens (including phenoxy) is 1. The second kappa shape index (κ2) is 7.15. The van der Waals surface area contributed by atoms with Crippen molar-refractivity contribution in [2.75, 3.05) is 17.2 Å². The van der Waals surface area contributed by atoms with Crippen LogP contribution < -0.4 is 10.6 Å². The Balaban J connectivity index is 1.63. The van der Waals surface area contributed by atoms with Gasteiger partial charge in [-0.1, -0.05) is 0 Å². The fraction of sp³-hybridized carbons (Fsp3) is 0.350. The highest BCUT2D eigenvalue weighted by atomic mass is 32.1. The first kappa shape index (κ1) is 17.7. The molecular formula is C20H20N2O4S. The van der Waals surface area contributed by atoms with E-state index in [1.54, 1.807) is 25.1 Å². The molecule has 2 heterocycles. The van der Waals surface area contributed by atoms with Crippen molar-refractivity contribution in [1.29, 1.82) is 0 Å². The first-order chi connectivity index (χ1) is 13.1. The van der Waals surface area contributed by atoms with E-state index in [1.165, 1.54) is 11.3 Å². The van der Waals surface area contributed by atoms with Crippen molar-refractivity contribution in [1.82, 2.24) is 0 Å². The van der Waals surface area contributed by atoms with Crippen LogP contribution in [0.25, 0.3) is 0 Å². The third-order valence-corrected chi connectivity index (χ3v) is 6.08. The van der Waals surface area contributed by atoms with Crippen LogP contribution in [-0.2, 0) is 28.8 Å². The first-order valence-electron chi connectivity index (χ1n) is 9.12. The maximum atomic E-state index is 12.8. The SMILES string of the molecule is CCOC(=O)c1c(NC(=O)c2ccc3c(c2)CC(=O)N3)sc2c1CCCC2. The number of hydrogen-bond acceptors (Lipinski definition) is 5. The molecule has 0 atom stereocenters. The monoisotopic (exact) mass is 384 g/mol. The number of carbonyl (C=O) groups excluding carboxylic acids is 3. The van der Waals surface area contributed by atoms with Crippen LogP contribution in [0.2, 0.25) is 0 Å². The molecule has 1 aliphatic heterocycles. The molecule has 0 fully saturated rings. The summed E-state index contributed by atoms with van der Waals surface area (Å²) in [5, 5.41) is 6.21. The molecule has 0 unspecified atom stereocenters. The third kappa shape index (κ3) is 3.35. The van der Waals surface area contributed by atoms with Gasteiger partial charge in [0.25, 0.3) is 5.91 Å². The Morgan fingerprint density at radius 2 is 2.07 bits per heavy atom. The number of amides is 2. The Bertz CT molecular complexity index is 948. The van der Waals surface area contributed by atoms with E-state index in [0.29, 0.717) is 22.7 Å². The van der Waals surface area contributed by atoms with Gasteiger partial charge in [-0.2, -0.15) is 0 Å². The van der Waals surface area contributed by atoms with Crippen LogP contribution in [0, 0.1) is 0 Å². The third-order valence-electron chi connectivity index (χ3n) is 4.87. The molecule has 0 spiro atoms. The highest BCUT2D eigenvalue weighted by Crippen LogP contribution is 2.39. The zero-order chi connectivity index (χ0) is 19.0. The molecule has 140 valence electrons. The van der Waals surface area contributed by atoms with Crippen LogP contribution in [-0.4, -0.2) is 24.4 Å². The predicted octanol–water partition coefficient (Wildman–Crippen LogP) is 3.55. The number of esters is 1. The average molecular weight is 384 g/mol. The molecule has 27 heavy (non-hydrogen) atoms. The molecule has 0 radical (unpaired) electrons. The van der Waals surface area contributed by atoms with Gasteiger partial charge in [-0.25, -0.2) is 4.79 Å². The fourth-order valence-corrected chi connectivity index (χ4v) is 4.89. The second-order valence-electron chi connectivity index (χ2n) is 6.69. The number of benzene rings is 1. The number of thiophene rings is 1. The largest absolute Gasteiger partial charge is 0.462 e. The molecule has 7 heteroatoms. The van der Waals surface area contributed by atoms with E-state index in [0.717, 1.165) is 47.4 Å². The molecule has 1 aromatic heterocycles. The number of aryl methyl sites for hydroxylation is 1. The number of fused-ring (bicyclic) bond motifs is 2. The predicted molar refractivity (Wildman–Crippen MR) is 104 cm³/mol. The Hall–Kier alpha value is -2.67. The summed E-state index contributed by atoms with van der Waals surface area (Å²) in [6.45, 7) is 2.07. The van der Waals surface area contributed by atoms with E-state index in [2.05, 4.69) is 10.6 Å². The number of rotatable bonds is 4. The van der Waals surface area contributed by atoms with Crippen molar-refractivity contribution in [3.05, 3.63) is 45.3 Å². The molecule has 2 aliphatic rings.